The minimum Gasteiger partial charge on any atom is -0.290 e. The van der Waals surface area contributed by atoms with E-state index in [1.165, 1.54) is 0 Å². The molecule has 1 amide bonds. The third-order valence-corrected chi connectivity index (χ3v) is 2.49. The molecular weight excluding hydrogens is 226 g/mol. The van der Waals surface area contributed by atoms with Crippen LogP contribution in [0.25, 0.3) is 0 Å². The largest absolute Gasteiger partial charge is 0.290 e. The lowest BCUT2D eigenvalue weighted by Gasteiger charge is -2.06. The van der Waals surface area contributed by atoms with Gasteiger partial charge in [0.1, 0.15) is 0 Å². The van der Waals surface area contributed by atoms with Crippen molar-refractivity contribution in [2.75, 3.05) is 5.32 Å². The summed E-state index contributed by atoms with van der Waals surface area (Å²) < 4.78 is 0. The van der Waals surface area contributed by atoms with Crippen molar-refractivity contribution in [1.29, 1.82) is 0 Å². The topological polar surface area (TPSA) is 54.9 Å². The Kier molecular flexibility index (Phi) is 3.37. The van der Waals surface area contributed by atoms with Crippen molar-refractivity contribution in [2.24, 2.45) is 0 Å². The van der Waals surface area contributed by atoms with Gasteiger partial charge in [-0.2, -0.15) is 0 Å². The molecule has 1 aromatic carbocycles. The number of nitrogens with one attached hydrogen (secondary N) is 1. The number of hydrogen-bond acceptors (Lipinski definition) is 3. The molecule has 18 heavy (non-hydrogen) atoms. The zero-order valence-electron chi connectivity index (χ0n) is 10.7. The molecule has 4 nitrogen and oxygen atoms in total. The molecule has 0 saturated heterocycles. The van der Waals surface area contributed by atoms with Gasteiger partial charge in [-0.15, -0.1) is 0 Å². The molecule has 0 radical (unpaired) electrons. The molecule has 1 aromatic heterocycles. The van der Waals surface area contributed by atoms with Crippen molar-refractivity contribution in [3.63, 3.8) is 0 Å². The Hall–Kier alpha value is -2.23. The number of carbonyl (C=O) groups excluding carboxylic acids is 1. The van der Waals surface area contributed by atoms with E-state index in [0.717, 1.165) is 17.0 Å². The van der Waals surface area contributed by atoms with Gasteiger partial charge in [-0.3, -0.25) is 10.1 Å². The molecule has 0 aliphatic carbocycles. The summed E-state index contributed by atoms with van der Waals surface area (Å²) in [7, 11) is 0. The fourth-order valence-electron chi connectivity index (χ4n) is 1.74. The van der Waals surface area contributed by atoms with Crippen molar-refractivity contribution in [1.82, 2.24) is 9.97 Å². The highest BCUT2D eigenvalue weighted by Crippen LogP contribution is 2.08. The second-order valence-electron chi connectivity index (χ2n) is 4.30. The predicted octanol–water partition coefficient (Wildman–Crippen LogP) is 2.65. The molecule has 1 N–H and O–H groups in total. The standard InChI is InChI=1S/C14H15N3O/c1-9-5-4-6-12(7-9)13(18)17-14-15-10(2)8-11(3)16-14/h4-8H,1-3H3,(H,15,16,17,18). The molecule has 4 heteroatoms. The van der Waals surface area contributed by atoms with Gasteiger partial charge < -0.3 is 0 Å². The van der Waals surface area contributed by atoms with Crippen molar-refractivity contribution >= 4 is 11.9 Å². The van der Waals surface area contributed by atoms with Crippen LogP contribution in [0.3, 0.4) is 0 Å². The molecule has 0 spiro atoms. The molecular formula is C14H15N3O. The van der Waals surface area contributed by atoms with Gasteiger partial charge in [-0.1, -0.05) is 17.7 Å². The van der Waals surface area contributed by atoms with Crippen LogP contribution in [-0.2, 0) is 0 Å². The Morgan fingerprint density at radius 1 is 1.06 bits per heavy atom. The van der Waals surface area contributed by atoms with Crippen molar-refractivity contribution < 1.29 is 4.79 Å². The lowest BCUT2D eigenvalue weighted by molar-refractivity contribution is 0.102. The van der Waals surface area contributed by atoms with Crippen LogP contribution in [0.2, 0.25) is 0 Å². The summed E-state index contributed by atoms with van der Waals surface area (Å²) in [4.78, 5) is 20.4. The van der Waals surface area contributed by atoms with Gasteiger partial charge in [0.15, 0.2) is 0 Å². The Bertz CT molecular complexity index is 573. The van der Waals surface area contributed by atoms with E-state index in [2.05, 4.69) is 15.3 Å². The molecule has 92 valence electrons. The average molecular weight is 241 g/mol. The van der Waals surface area contributed by atoms with Crippen LogP contribution in [0.1, 0.15) is 27.3 Å². The minimum atomic E-state index is -0.191. The monoisotopic (exact) mass is 241 g/mol. The van der Waals surface area contributed by atoms with Crippen molar-refractivity contribution in [3.8, 4) is 0 Å². The van der Waals surface area contributed by atoms with E-state index in [9.17, 15) is 4.79 Å². The maximum atomic E-state index is 12.0. The second kappa shape index (κ2) is 4.96. The fraction of sp³-hybridized carbons (Fsp3) is 0.214. The van der Waals surface area contributed by atoms with E-state index in [-0.39, 0.29) is 5.91 Å². The zero-order valence-corrected chi connectivity index (χ0v) is 10.7. The molecule has 2 rings (SSSR count). The maximum Gasteiger partial charge on any atom is 0.258 e. The highest BCUT2D eigenvalue weighted by Gasteiger charge is 2.08. The van der Waals surface area contributed by atoms with Gasteiger partial charge in [0, 0.05) is 17.0 Å². The van der Waals surface area contributed by atoms with Gasteiger partial charge in [0.05, 0.1) is 0 Å². The lowest BCUT2D eigenvalue weighted by Crippen LogP contribution is -2.15. The Morgan fingerprint density at radius 3 is 2.33 bits per heavy atom. The number of rotatable bonds is 2. The van der Waals surface area contributed by atoms with Crippen LogP contribution in [0.5, 0.6) is 0 Å². The summed E-state index contributed by atoms with van der Waals surface area (Å²) in [6.45, 7) is 5.69. The number of hydrogen-bond donors (Lipinski definition) is 1. The second-order valence-corrected chi connectivity index (χ2v) is 4.30. The molecule has 0 aliphatic heterocycles. The average Bonchev–Trinajstić information content (AvgIpc) is 2.27. The van der Waals surface area contributed by atoms with E-state index >= 15 is 0 Å². The number of benzene rings is 1. The van der Waals surface area contributed by atoms with Crippen LogP contribution in [0.4, 0.5) is 5.95 Å². The van der Waals surface area contributed by atoms with Crippen LogP contribution in [0, 0.1) is 20.8 Å². The van der Waals surface area contributed by atoms with E-state index in [1.54, 1.807) is 6.07 Å². The van der Waals surface area contributed by atoms with Gasteiger partial charge in [-0.25, -0.2) is 9.97 Å². The third-order valence-electron chi connectivity index (χ3n) is 2.49. The first-order valence-corrected chi connectivity index (χ1v) is 5.75. The predicted molar refractivity (Wildman–Crippen MR) is 70.6 cm³/mol. The number of nitrogens with zero attached hydrogens (tertiary/aromatic N) is 2. The number of anilines is 1. The van der Waals surface area contributed by atoms with E-state index in [1.807, 2.05) is 45.0 Å². The Balaban J connectivity index is 2.21. The Morgan fingerprint density at radius 2 is 1.72 bits per heavy atom. The summed E-state index contributed by atoms with van der Waals surface area (Å²) >= 11 is 0. The van der Waals surface area contributed by atoms with Crippen LogP contribution >= 0.6 is 0 Å². The first-order chi connectivity index (χ1) is 8.54. The van der Waals surface area contributed by atoms with Crippen LogP contribution in [-0.4, -0.2) is 15.9 Å². The summed E-state index contributed by atoms with van der Waals surface area (Å²) in [5.41, 5.74) is 3.32. The molecule has 0 atom stereocenters. The number of aromatic nitrogens is 2. The van der Waals surface area contributed by atoms with Gasteiger partial charge in [0.25, 0.3) is 5.91 Å². The molecule has 1 heterocycles. The number of amides is 1. The highest BCUT2D eigenvalue weighted by molar-refractivity contribution is 6.03. The molecule has 0 fully saturated rings. The fourth-order valence-corrected chi connectivity index (χ4v) is 1.74. The zero-order chi connectivity index (χ0) is 13.1. The molecule has 0 bridgehead atoms. The van der Waals surface area contributed by atoms with Crippen molar-refractivity contribution in [3.05, 3.63) is 52.8 Å². The lowest BCUT2D eigenvalue weighted by atomic mass is 10.1. The van der Waals surface area contributed by atoms with E-state index < -0.39 is 0 Å². The van der Waals surface area contributed by atoms with Gasteiger partial charge >= 0.3 is 0 Å². The van der Waals surface area contributed by atoms with Gasteiger partial charge in [0.2, 0.25) is 5.95 Å². The van der Waals surface area contributed by atoms with E-state index in [0.29, 0.717) is 11.5 Å². The number of carbonyl (C=O) groups is 1. The first kappa shape index (κ1) is 12.2. The molecule has 0 aliphatic rings. The SMILES string of the molecule is Cc1cccc(C(=O)Nc2nc(C)cc(C)n2)c1. The summed E-state index contributed by atoms with van der Waals surface area (Å²) in [5.74, 6) is 0.155. The van der Waals surface area contributed by atoms with Crippen LogP contribution in [0.15, 0.2) is 30.3 Å². The summed E-state index contributed by atoms with van der Waals surface area (Å²) in [6.07, 6.45) is 0. The van der Waals surface area contributed by atoms with Gasteiger partial charge in [-0.05, 0) is 39.0 Å². The highest BCUT2D eigenvalue weighted by atomic mass is 16.1. The Labute approximate surface area is 106 Å². The smallest absolute Gasteiger partial charge is 0.258 e. The van der Waals surface area contributed by atoms with E-state index in [4.69, 9.17) is 0 Å². The molecule has 2 aromatic rings. The number of aryl methyl sites for hydroxylation is 3. The van der Waals surface area contributed by atoms with Crippen molar-refractivity contribution in [2.45, 2.75) is 20.8 Å². The first-order valence-electron chi connectivity index (χ1n) is 5.75. The molecule has 0 saturated carbocycles. The maximum absolute atomic E-state index is 12.0. The minimum absolute atomic E-state index is 0.191. The summed E-state index contributed by atoms with van der Waals surface area (Å²) in [5, 5.41) is 2.71. The van der Waals surface area contributed by atoms with Crippen LogP contribution < -0.4 is 5.32 Å². The quantitative estimate of drug-likeness (QED) is 0.879. The third kappa shape index (κ3) is 2.91. The molecule has 0 unspecified atom stereocenters. The summed E-state index contributed by atoms with van der Waals surface area (Å²) in [6, 6.07) is 9.27. The normalized spacial score (nSPS) is 10.2.